The number of piperidine rings is 1. The molecule has 1 aliphatic carbocycles. The lowest BCUT2D eigenvalue weighted by Gasteiger charge is -2.32. The van der Waals surface area contributed by atoms with Gasteiger partial charge in [-0.25, -0.2) is 0 Å². The third kappa shape index (κ3) is 4.41. The highest BCUT2D eigenvalue weighted by atomic mass is 32.2. The van der Waals surface area contributed by atoms with Gasteiger partial charge in [-0.1, -0.05) is 20.8 Å². The summed E-state index contributed by atoms with van der Waals surface area (Å²) in [6, 6.07) is 0.622. The molecule has 1 saturated heterocycles. The molecule has 3 unspecified atom stereocenters. The normalized spacial score (nSPS) is 32.7. The van der Waals surface area contributed by atoms with Crippen LogP contribution in [0.4, 0.5) is 0 Å². The molecule has 1 heterocycles. The highest BCUT2D eigenvalue weighted by Gasteiger charge is 2.38. The van der Waals surface area contributed by atoms with Crippen LogP contribution >= 0.6 is 0 Å². The number of hydrogen-bond acceptors (Lipinski definition) is 3. The van der Waals surface area contributed by atoms with Crippen molar-refractivity contribution in [2.75, 3.05) is 19.6 Å². The minimum atomic E-state index is -3.27. The van der Waals surface area contributed by atoms with Crippen molar-refractivity contribution in [2.24, 2.45) is 11.8 Å². The van der Waals surface area contributed by atoms with Gasteiger partial charge in [-0.2, -0.15) is 17.4 Å². The predicted octanol–water partition coefficient (Wildman–Crippen LogP) is 0.939. The summed E-state index contributed by atoms with van der Waals surface area (Å²) < 4.78 is 29.0. The highest BCUT2D eigenvalue weighted by molar-refractivity contribution is 7.87. The molecule has 0 spiro atoms. The van der Waals surface area contributed by atoms with Crippen molar-refractivity contribution in [1.29, 1.82) is 0 Å². The van der Waals surface area contributed by atoms with Gasteiger partial charge in [0.25, 0.3) is 10.2 Å². The van der Waals surface area contributed by atoms with Gasteiger partial charge >= 0.3 is 0 Å². The van der Waals surface area contributed by atoms with E-state index in [1.54, 1.807) is 4.31 Å². The van der Waals surface area contributed by atoms with Crippen molar-refractivity contribution >= 4 is 10.2 Å². The second-order valence-electron chi connectivity index (χ2n) is 6.37. The number of rotatable bonds is 6. The zero-order valence-electron chi connectivity index (χ0n) is 12.2. The monoisotopic (exact) mass is 289 g/mol. The van der Waals surface area contributed by atoms with E-state index in [9.17, 15) is 8.42 Å². The molecular formula is C13H27N3O2S. The molecule has 2 N–H and O–H groups in total. The van der Waals surface area contributed by atoms with E-state index in [1.165, 1.54) is 0 Å². The van der Waals surface area contributed by atoms with Crippen LogP contribution in [0.5, 0.6) is 0 Å². The molecule has 1 aliphatic heterocycles. The molecule has 2 aliphatic rings. The van der Waals surface area contributed by atoms with Gasteiger partial charge in [-0.3, -0.25) is 0 Å². The van der Waals surface area contributed by atoms with Crippen LogP contribution in [0.25, 0.3) is 0 Å². The Morgan fingerprint density at radius 3 is 2.63 bits per heavy atom. The standard InChI is InChI=1S/C13H27N3O2S/c1-10(2)14-8-12-5-4-6-16(9-12)19(17,18)15-13-7-11(13)3/h10-15H,4-9H2,1-3H3. The lowest BCUT2D eigenvalue weighted by Crippen LogP contribution is -2.48. The molecule has 0 aromatic rings. The van der Waals surface area contributed by atoms with Crippen LogP contribution in [-0.4, -0.2) is 44.4 Å². The Balaban J connectivity index is 1.85. The molecule has 112 valence electrons. The molecule has 2 rings (SSSR count). The first-order valence-electron chi connectivity index (χ1n) is 7.39. The van der Waals surface area contributed by atoms with Crippen LogP contribution in [0.15, 0.2) is 0 Å². The van der Waals surface area contributed by atoms with Crippen molar-refractivity contribution in [2.45, 2.75) is 52.1 Å². The van der Waals surface area contributed by atoms with E-state index in [4.69, 9.17) is 0 Å². The maximum Gasteiger partial charge on any atom is 0.279 e. The summed E-state index contributed by atoms with van der Waals surface area (Å²) in [4.78, 5) is 0. The molecule has 2 fully saturated rings. The Morgan fingerprint density at radius 1 is 1.37 bits per heavy atom. The fourth-order valence-corrected chi connectivity index (χ4v) is 4.20. The van der Waals surface area contributed by atoms with E-state index >= 15 is 0 Å². The van der Waals surface area contributed by atoms with Gasteiger partial charge < -0.3 is 5.32 Å². The van der Waals surface area contributed by atoms with Crippen LogP contribution in [0.1, 0.15) is 40.0 Å². The fourth-order valence-electron chi connectivity index (χ4n) is 2.57. The molecule has 0 aromatic heterocycles. The summed E-state index contributed by atoms with van der Waals surface area (Å²) in [6.07, 6.45) is 3.06. The summed E-state index contributed by atoms with van der Waals surface area (Å²) in [5.74, 6) is 0.933. The smallest absolute Gasteiger partial charge is 0.279 e. The van der Waals surface area contributed by atoms with E-state index in [1.807, 2.05) is 0 Å². The highest BCUT2D eigenvalue weighted by Crippen LogP contribution is 2.30. The van der Waals surface area contributed by atoms with Crippen LogP contribution in [0.2, 0.25) is 0 Å². The molecule has 5 nitrogen and oxygen atoms in total. The number of nitrogens with zero attached hydrogens (tertiary/aromatic N) is 1. The molecule has 0 amide bonds. The topological polar surface area (TPSA) is 61.4 Å². The first-order valence-corrected chi connectivity index (χ1v) is 8.83. The fraction of sp³-hybridized carbons (Fsp3) is 1.00. The summed E-state index contributed by atoms with van der Waals surface area (Å²) in [7, 11) is -3.27. The molecule has 6 heteroatoms. The van der Waals surface area contributed by atoms with E-state index in [-0.39, 0.29) is 6.04 Å². The van der Waals surface area contributed by atoms with Gasteiger partial charge in [0.1, 0.15) is 0 Å². The SMILES string of the molecule is CC(C)NCC1CCCN(S(=O)(=O)NC2CC2C)C1. The predicted molar refractivity (Wildman–Crippen MR) is 77.1 cm³/mol. The molecule has 0 bridgehead atoms. The van der Waals surface area contributed by atoms with Crippen molar-refractivity contribution in [3.8, 4) is 0 Å². The van der Waals surface area contributed by atoms with Crippen molar-refractivity contribution in [3.05, 3.63) is 0 Å². The average molecular weight is 289 g/mol. The van der Waals surface area contributed by atoms with E-state index in [0.29, 0.717) is 31.0 Å². The third-order valence-corrected chi connectivity index (χ3v) is 5.66. The van der Waals surface area contributed by atoms with Crippen molar-refractivity contribution < 1.29 is 8.42 Å². The number of hydrogen-bond donors (Lipinski definition) is 2. The second-order valence-corrected chi connectivity index (χ2v) is 8.07. The lowest BCUT2D eigenvalue weighted by molar-refractivity contribution is 0.254. The molecule has 0 aromatic carbocycles. The molecule has 3 atom stereocenters. The van der Waals surface area contributed by atoms with Gasteiger partial charge in [-0.05, 0) is 37.6 Å². The molecule has 0 radical (unpaired) electrons. The summed E-state index contributed by atoms with van der Waals surface area (Å²) >= 11 is 0. The molecular weight excluding hydrogens is 262 g/mol. The van der Waals surface area contributed by atoms with E-state index in [2.05, 4.69) is 30.8 Å². The maximum atomic E-state index is 12.3. The Kier molecular flexibility index (Phi) is 4.87. The minimum Gasteiger partial charge on any atom is -0.314 e. The second kappa shape index (κ2) is 6.08. The van der Waals surface area contributed by atoms with Crippen molar-refractivity contribution in [1.82, 2.24) is 14.3 Å². The maximum absolute atomic E-state index is 12.3. The summed E-state index contributed by atoms with van der Waals surface area (Å²) in [6.45, 7) is 8.54. The van der Waals surface area contributed by atoms with E-state index in [0.717, 1.165) is 25.8 Å². The van der Waals surface area contributed by atoms with Gasteiger partial charge in [-0.15, -0.1) is 0 Å². The van der Waals surface area contributed by atoms with Gasteiger partial charge in [0.15, 0.2) is 0 Å². The summed E-state index contributed by atoms with van der Waals surface area (Å²) in [5, 5.41) is 3.41. The Bertz CT molecular complexity index is 397. The summed E-state index contributed by atoms with van der Waals surface area (Å²) in [5.41, 5.74) is 0. The lowest BCUT2D eigenvalue weighted by atomic mass is 9.99. The minimum absolute atomic E-state index is 0.166. The quantitative estimate of drug-likeness (QED) is 0.765. The largest absolute Gasteiger partial charge is 0.314 e. The Hall–Kier alpha value is -0.170. The number of nitrogens with one attached hydrogen (secondary N) is 2. The van der Waals surface area contributed by atoms with Crippen LogP contribution < -0.4 is 10.0 Å². The first kappa shape index (κ1) is 15.2. The molecule has 1 saturated carbocycles. The van der Waals surface area contributed by atoms with E-state index < -0.39 is 10.2 Å². The van der Waals surface area contributed by atoms with Crippen LogP contribution in [-0.2, 0) is 10.2 Å². The van der Waals surface area contributed by atoms with Crippen molar-refractivity contribution in [3.63, 3.8) is 0 Å². The van der Waals surface area contributed by atoms with Gasteiger partial charge in [0.2, 0.25) is 0 Å². The Morgan fingerprint density at radius 2 is 2.05 bits per heavy atom. The van der Waals surface area contributed by atoms with Crippen LogP contribution in [0, 0.1) is 11.8 Å². The first-order chi connectivity index (χ1) is 8.88. The zero-order chi connectivity index (χ0) is 14.0. The third-order valence-electron chi connectivity index (χ3n) is 4.05. The average Bonchev–Trinajstić information content (AvgIpc) is 3.02. The van der Waals surface area contributed by atoms with Crippen LogP contribution in [0.3, 0.4) is 0 Å². The molecule has 19 heavy (non-hydrogen) atoms. The Labute approximate surface area is 117 Å². The van der Waals surface area contributed by atoms with Gasteiger partial charge in [0.05, 0.1) is 0 Å². The zero-order valence-corrected chi connectivity index (χ0v) is 13.0. The van der Waals surface area contributed by atoms with Gasteiger partial charge in [0, 0.05) is 25.2 Å².